The molecule has 72 valence electrons. The second-order valence-electron chi connectivity index (χ2n) is 3.44. The Bertz CT molecular complexity index is 127. The molecule has 0 saturated carbocycles. The molecule has 0 bridgehead atoms. The van der Waals surface area contributed by atoms with Crippen LogP contribution in [0.4, 0.5) is 0 Å². The van der Waals surface area contributed by atoms with Crippen molar-refractivity contribution < 1.29 is 8.23 Å². The van der Waals surface area contributed by atoms with Crippen LogP contribution in [0.5, 0.6) is 0 Å². The normalized spacial score (nSPS) is 25.0. The molecule has 0 N–H and O–H groups in total. The van der Waals surface area contributed by atoms with E-state index >= 15 is 0 Å². The predicted octanol–water partition coefficient (Wildman–Crippen LogP) is 3.00. The molecule has 1 saturated heterocycles. The Morgan fingerprint density at radius 2 is 0.917 bits per heavy atom. The Morgan fingerprint density at radius 3 is 1.08 bits per heavy atom. The highest BCUT2D eigenvalue weighted by molar-refractivity contribution is 6.94. The molecule has 1 rings (SSSR count). The van der Waals surface area contributed by atoms with E-state index in [0.29, 0.717) is 0 Å². The van der Waals surface area contributed by atoms with Crippen molar-refractivity contribution in [3.05, 3.63) is 0 Å². The third-order valence-electron chi connectivity index (χ3n) is 2.90. The molecule has 0 unspecified atom stereocenters. The van der Waals surface area contributed by atoms with E-state index in [1.54, 1.807) is 0 Å². The maximum atomic E-state index is 6.17. The predicted molar refractivity (Wildman–Crippen MR) is 55.6 cm³/mol. The van der Waals surface area contributed by atoms with Gasteiger partial charge in [-0.3, -0.25) is 0 Å². The third kappa shape index (κ3) is 1.53. The SMILES string of the molecule is CC[Si]1(CC)O[Si](CC)(CC)O1. The van der Waals surface area contributed by atoms with E-state index < -0.39 is 17.1 Å². The fourth-order valence-electron chi connectivity index (χ4n) is 1.76. The van der Waals surface area contributed by atoms with Gasteiger partial charge in [0.05, 0.1) is 0 Å². The van der Waals surface area contributed by atoms with Crippen molar-refractivity contribution in [1.29, 1.82) is 0 Å². The van der Waals surface area contributed by atoms with Crippen LogP contribution in [0, 0.1) is 0 Å². The topological polar surface area (TPSA) is 18.5 Å². The zero-order chi connectivity index (χ0) is 9.24. The van der Waals surface area contributed by atoms with Crippen molar-refractivity contribution in [2.75, 3.05) is 0 Å². The van der Waals surface area contributed by atoms with E-state index in [4.69, 9.17) is 8.23 Å². The van der Waals surface area contributed by atoms with Gasteiger partial charge in [0.15, 0.2) is 0 Å². The van der Waals surface area contributed by atoms with E-state index in [-0.39, 0.29) is 0 Å². The Labute approximate surface area is 77.8 Å². The molecule has 0 amide bonds. The van der Waals surface area contributed by atoms with E-state index in [9.17, 15) is 0 Å². The van der Waals surface area contributed by atoms with E-state index in [1.807, 2.05) is 0 Å². The minimum Gasteiger partial charge on any atom is -0.415 e. The fraction of sp³-hybridized carbons (Fsp3) is 1.00. The summed E-state index contributed by atoms with van der Waals surface area (Å²) in [7, 11) is -3.21. The van der Waals surface area contributed by atoms with Crippen molar-refractivity contribution in [3.63, 3.8) is 0 Å². The zero-order valence-electron chi connectivity index (χ0n) is 8.64. The van der Waals surface area contributed by atoms with E-state index in [1.165, 1.54) is 0 Å². The van der Waals surface area contributed by atoms with Gasteiger partial charge in [0.1, 0.15) is 0 Å². The summed E-state index contributed by atoms with van der Waals surface area (Å²) in [6, 6.07) is 4.49. The van der Waals surface area contributed by atoms with Crippen LogP contribution in [0.1, 0.15) is 27.7 Å². The lowest BCUT2D eigenvalue weighted by Gasteiger charge is -2.52. The Balaban J connectivity index is 2.52. The highest BCUT2D eigenvalue weighted by Gasteiger charge is 2.57. The van der Waals surface area contributed by atoms with Crippen LogP contribution in [-0.2, 0) is 8.23 Å². The van der Waals surface area contributed by atoms with Crippen LogP contribution < -0.4 is 0 Å². The summed E-state index contributed by atoms with van der Waals surface area (Å²) in [6.45, 7) is 8.78. The van der Waals surface area contributed by atoms with Crippen molar-refractivity contribution in [2.24, 2.45) is 0 Å². The summed E-state index contributed by atoms with van der Waals surface area (Å²) >= 11 is 0. The van der Waals surface area contributed by atoms with Gasteiger partial charge in [-0.25, -0.2) is 0 Å². The van der Waals surface area contributed by atoms with Crippen molar-refractivity contribution in [3.8, 4) is 0 Å². The molecule has 1 aliphatic heterocycles. The lowest BCUT2D eigenvalue weighted by atomic mass is 10.9. The van der Waals surface area contributed by atoms with Crippen molar-refractivity contribution in [2.45, 2.75) is 51.9 Å². The molecule has 1 heterocycles. The summed E-state index contributed by atoms with van der Waals surface area (Å²) in [6.07, 6.45) is 0. The first-order valence-electron chi connectivity index (χ1n) is 5.06. The average molecular weight is 204 g/mol. The molecule has 0 aromatic rings. The standard InChI is InChI=1S/C8H20O2Si2/c1-5-11(6-2)9-12(7-3,8-4)10-11/h5-8H2,1-4H3. The summed E-state index contributed by atoms with van der Waals surface area (Å²) in [5.74, 6) is 0. The molecule has 2 nitrogen and oxygen atoms in total. The highest BCUT2D eigenvalue weighted by Crippen LogP contribution is 2.40. The molecule has 1 aliphatic rings. The van der Waals surface area contributed by atoms with Gasteiger partial charge in [0.2, 0.25) is 0 Å². The van der Waals surface area contributed by atoms with Crippen LogP contribution in [0.2, 0.25) is 24.2 Å². The van der Waals surface area contributed by atoms with Crippen LogP contribution in [-0.4, -0.2) is 17.1 Å². The fourth-order valence-corrected chi connectivity index (χ4v) is 12.9. The van der Waals surface area contributed by atoms with Crippen LogP contribution in [0.3, 0.4) is 0 Å². The van der Waals surface area contributed by atoms with Crippen LogP contribution in [0.25, 0.3) is 0 Å². The largest absolute Gasteiger partial charge is 0.415 e. The maximum absolute atomic E-state index is 6.17. The summed E-state index contributed by atoms with van der Waals surface area (Å²) in [4.78, 5) is 0. The molecule has 0 spiro atoms. The molecular formula is C8H20O2Si2. The monoisotopic (exact) mass is 204 g/mol. The van der Waals surface area contributed by atoms with Gasteiger partial charge in [0, 0.05) is 0 Å². The lowest BCUT2D eigenvalue weighted by molar-refractivity contribution is 0.211. The second kappa shape index (κ2) is 3.61. The summed E-state index contributed by atoms with van der Waals surface area (Å²) in [5.41, 5.74) is 0. The van der Waals surface area contributed by atoms with E-state index in [2.05, 4.69) is 27.7 Å². The molecule has 0 aromatic heterocycles. The molecular weight excluding hydrogens is 184 g/mol. The summed E-state index contributed by atoms with van der Waals surface area (Å²) in [5, 5.41) is 0. The minimum absolute atomic E-state index is 1.12. The van der Waals surface area contributed by atoms with Gasteiger partial charge >= 0.3 is 17.1 Å². The van der Waals surface area contributed by atoms with Crippen molar-refractivity contribution >= 4 is 17.1 Å². The number of hydrogen-bond acceptors (Lipinski definition) is 2. The van der Waals surface area contributed by atoms with E-state index in [0.717, 1.165) is 24.2 Å². The van der Waals surface area contributed by atoms with Crippen LogP contribution >= 0.6 is 0 Å². The highest BCUT2D eigenvalue weighted by atomic mass is 28.5. The lowest BCUT2D eigenvalue weighted by Crippen LogP contribution is -2.69. The van der Waals surface area contributed by atoms with Gasteiger partial charge < -0.3 is 8.23 Å². The molecule has 12 heavy (non-hydrogen) atoms. The maximum Gasteiger partial charge on any atom is 0.320 e. The number of rotatable bonds is 4. The first-order chi connectivity index (χ1) is 5.66. The second-order valence-corrected chi connectivity index (χ2v) is 11.5. The molecule has 0 radical (unpaired) electrons. The first-order valence-corrected chi connectivity index (χ1v) is 9.52. The third-order valence-corrected chi connectivity index (χ3v) is 13.2. The molecule has 4 heteroatoms. The van der Waals surface area contributed by atoms with Crippen molar-refractivity contribution in [1.82, 2.24) is 0 Å². The average Bonchev–Trinajstić information content (AvgIpc) is 2.07. The Hall–Kier alpha value is 0.354. The van der Waals surface area contributed by atoms with Gasteiger partial charge in [-0.05, 0) is 24.2 Å². The molecule has 0 atom stereocenters. The minimum atomic E-state index is -1.61. The Kier molecular flexibility index (Phi) is 3.14. The molecule has 0 aliphatic carbocycles. The Morgan fingerprint density at radius 1 is 0.667 bits per heavy atom. The molecule has 0 aromatic carbocycles. The van der Waals surface area contributed by atoms with Gasteiger partial charge in [-0.2, -0.15) is 0 Å². The smallest absolute Gasteiger partial charge is 0.320 e. The molecule has 1 fully saturated rings. The number of hydrogen-bond donors (Lipinski definition) is 0. The zero-order valence-corrected chi connectivity index (χ0v) is 10.6. The summed E-state index contributed by atoms with van der Waals surface area (Å²) < 4.78 is 12.3. The first kappa shape index (κ1) is 10.4. The van der Waals surface area contributed by atoms with Gasteiger partial charge in [0.25, 0.3) is 0 Å². The quantitative estimate of drug-likeness (QED) is 0.656. The van der Waals surface area contributed by atoms with Gasteiger partial charge in [-0.1, -0.05) is 27.7 Å². The van der Waals surface area contributed by atoms with Gasteiger partial charge in [-0.15, -0.1) is 0 Å². The van der Waals surface area contributed by atoms with Crippen LogP contribution in [0.15, 0.2) is 0 Å².